The largest absolute Gasteiger partial charge is 0.305 e. The van der Waals surface area contributed by atoms with Crippen LogP contribution in [0.3, 0.4) is 0 Å². The highest BCUT2D eigenvalue weighted by molar-refractivity contribution is 6.20. The molecule has 21 heavy (non-hydrogen) atoms. The molecule has 1 aromatic carbocycles. The number of imidazole rings is 1. The monoisotopic (exact) mass is 305 g/mol. The number of piperidine rings is 1. The Hall–Kier alpha value is -1.22. The highest BCUT2D eigenvalue weighted by Gasteiger charge is 2.29. The number of aryl methyl sites for hydroxylation is 1. The summed E-state index contributed by atoms with van der Waals surface area (Å²) in [5, 5.41) is 2.38. The van der Waals surface area contributed by atoms with Crippen molar-refractivity contribution in [2.45, 2.75) is 64.4 Å². The van der Waals surface area contributed by atoms with Crippen LogP contribution in [-0.4, -0.2) is 21.7 Å². The van der Waals surface area contributed by atoms with Crippen molar-refractivity contribution in [3.05, 3.63) is 29.6 Å². The molecule has 1 aliphatic heterocycles. The average molecular weight is 306 g/mol. The minimum Gasteiger partial charge on any atom is -0.305 e. The molecule has 0 aliphatic carbocycles. The minimum absolute atomic E-state index is 0.0981. The van der Waals surface area contributed by atoms with E-state index in [9.17, 15) is 0 Å². The van der Waals surface area contributed by atoms with Crippen molar-refractivity contribution in [2.75, 3.05) is 5.01 Å². The van der Waals surface area contributed by atoms with Crippen LogP contribution < -0.4 is 5.01 Å². The fraction of sp³-hybridized carbons (Fsp3) is 0.588. The first-order valence-electron chi connectivity index (χ1n) is 7.90. The molecule has 1 saturated heterocycles. The highest BCUT2D eigenvalue weighted by atomic mass is 35.5. The summed E-state index contributed by atoms with van der Waals surface area (Å²) >= 11 is 6.42. The first-order valence-corrected chi connectivity index (χ1v) is 8.34. The summed E-state index contributed by atoms with van der Waals surface area (Å²) in [5.41, 5.74) is 3.45. The fourth-order valence-corrected chi connectivity index (χ4v) is 3.64. The van der Waals surface area contributed by atoms with Gasteiger partial charge in [0.25, 0.3) is 0 Å². The second-order valence-corrected chi connectivity index (χ2v) is 7.05. The molecule has 3 unspecified atom stereocenters. The Kier molecular flexibility index (Phi) is 3.87. The SMILES string of the molecule is Cc1ccc2c(c1)nc(C(C)Cl)n2N1C(C)CCCC1C. The number of benzene rings is 1. The van der Waals surface area contributed by atoms with Crippen LogP contribution in [0.15, 0.2) is 18.2 Å². The van der Waals surface area contributed by atoms with E-state index < -0.39 is 0 Å². The molecule has 2 heterocycles. The third-order valence-corrected chi connectivity index (χ3v) is 4.74. The maximum absolute atomic E-state index is 6.42. The van der Waals surface area contributed by atoms with E-state index in [4.69, 9.17) is 16.6 Å². The lowest BCUT2D eigenvalue weighted by molar-refractivity contribution is 0.335. The Morgan fingerprint density at radius 1 is 1.24 bits per heavy atom. The van der Waals surface area contributed by atoms with Gasteiger partial charge in [-0.2, -0.15) is 0 Å². The molecule has 1 fully saturated rings. The van der Waals surface area contributed by atoms with Crippen LogP contribution in [-0.2, 0) is 0 Å². The van der Waals surface area contributed by atoms with Crippen molar-refractivity contribution in [3.63, 3.8) is 0 Å². The van der Waals surface area contributed by atoms with E-state index in [1.165, 1.54) is 30.3 Å². The quantitative estimate of drug-likeness (QED) is 0.759. The smallest absolute Gasteiger partial charge is 0.146 e. The number of alkyl halides is 1. The lowest BCUT2D eigenvalue weighted by Gasteiger charge is -2.42. The van der Waals surface area contributed by atoms with E-state index >= 15 is 0 Å². The highest BCUT2D eigenvalue weighted by Crippen LogP contribution is 2.30. The van der Waals surface area contributed by atoms with Gasteiger partial charge in [0.15, 0.2) is 0 Å². The van der Waals surface area contributed by atoms with Gasteiger partial charge in [0.2, 0.25) is 0 Å². The molecule has 2 aromatic rings. The summed E-state index contributed by atoms with van der Waals surface area (Å²) in [4.78, 5) is 4.81. The zero-order chi connectivity index (χ0) is 15.1. The van der Waals surface area contributed by atoms with E-state index in [2.05, 4.69) is 48.7 Å². The fourth-order valence-electron chi connectivity index (χ4n) is 3.50. The van der Waals surface area contributed by atoms with Crippen molar-refractivity contribution in [1.82, 2.24) is 9.66 Å². The first-order chi connectivity index (χ1) is 9.99. The van der Waals surface area contributed by atoms with E-state index in [1.54, 1.807) is 0 Å². The van der Waals surface area contributed by atoms with Gasteiger partial charge in [0.1, 0.15) is 5.82 Å². The summed E-state index contributed by atoms with van der Waals surface area (Å²) in [7, 11) is 0. The Balaban J connectivity index is 2.21. The van der Waals surface area contributed by atoms with Crippen LogP contribution >= 0.6 is 11.6 Å². The summed E-state index contributed by atoms with van der Waals surface area (Å²) < 4.78 is 2.28. The van der Waals surface area contributed by atoms with Crippen LogP contribution in [0.2, 0.25) is 0 Å². The van der Waals surface area contributed by atoms with Gasteiger partial charge in [-0.25, -0.2) is 9.66 Å². The number of aromatic nitrogens is 2. The molecule has 1 aliphatic rings. The van der Waals surface area contributed by atoms with Crippen LogP contribution in [0.5, 0.6) is 0 Å². The first kappa shape index (κ1) is 14.7. The number of hydrogen-bond acceptors (Lipinski definition) is 2. The van der Waals surface area contributed by atoms with Gasteiger partial charge in [-0.1, -0.05) is 6.07 Å². The molecule has 3 nitrogen and oxygen atoms in total. The van der Waals surface area contributed by atoms with Crippen molar-refractivity contribution in [1.29, 1.82) is 0 Å². The van der Waals surface area contributed by atoms with E-state index in [-0.39, 0.29) is 5.38 Å². The van der Waals surface area contributed by atoms with Crippen LogP contribution in [0, 0.1) is 6.92 Å². The van der Waals surface area contributed by atoms with Gasteiger partial charge in [0, 0.05) is 12.1 Å². The molecule has 1 aromatic heterocycles. The zero-order valence-electron chi connectivity index (χ0n) is 13.3. The molecule has 3 atom stereocenters. The zero-order valence-corrected chi connectivity index (χ0v) is 14.1. The van der Waals surface area contributed by atoms with Crippen molar-refractivity contribution < 1.29 is 0 Å². The molecule has 114 valence electrons. The molecule has 0 radical (unpaired) electrons. The molecule has 3 rings (SSSR count). The second kappa shape index (κ2) is 5.53. The van der Waals surface area contributed by atoms with Gasteiger partial charge in [-0.3, -0.25) is 0 Å². The standard InChI is InChI=1S/C17H24ClN3/c1-11-8-9-16-15(10-11)19-17(14(4)18)21(16)20-12(2)6-5-7-13(20)3/h8-10,12-14H,5-7H2,1-4H3. The van der Waals surface area contributed by atoms with Gasteiger partial charge >= 0.3 is 0 Å². The maximum atomic E-state index is 6.42. The maximum Gasteiger partial charge on any atom is 0.146 e. The van der Waals surface area contributed by atoms with Crippen LogP contribution in [0.1, 0.15) is 56.8 Å². The summed E-state index contributed by atoms with van der Waals surface area (Å²) in [6.07, 6.45) is 3.76. The second-order valence-electron chi connectivity index (χ2n) is 6.40. The number of fused-ring (bicyclic) bond motifs is 1. The lowest BCUT2D eigenvalue weighted by atomic mass is 10.00. The molecule has 0 N–H and O–H groups in total. The molecule has 0 saturated carbocycles. The van der Waals surface area contributed by atoms with E-state index in [0.717, 1.165) is 11.3 Å². The van der Waals surface area contributed by atoms with Gasteiger partial charge in [-0.05, 0) is 64.7 Å². The summed E-state index contributed by atoms with van der Waals surface area (Å²) in [6, 6.07) is 7.51. The number of rotatable bonds is 2. The third-order valence-electron chi connectivity index (χ3n) is 4.54. The van der Waals surface area contributed by atoms with Gasteiger partial charge in [0.05, 0.1) is 16.4 Å². The topological polar surface area (TPSA) is 21.1 Å². The van der Waals surface area contributed by atoms with Gasteiger partial charge < -0.3 is 5.01 Å². The lowest BCUT2D eigenvalue weighted by Crippen LogP contribution is -2.51. The molecule has 0 amide bonds. The Morgan fingerprint density at radius 3 is 2.52 bits per heavy atom. The van der Waals surface area contributed by atoms with Crippen molar-refractivity contribution in [3.8, 4) is 0 Å². The molecule has 0 spiro atoms. The number of halogens is 1. The molecular weight excluding hydrogens is 282 g/mol. The molecule has 0 bridgehead atoms. The summed E-state index contributed by atoms with van der Waals surface area (Å²) in [6.45, 7) is 8.72. The summed E-state index contributed by atoms with van der Waals surface area (Å²) in [5.74, 6) is 0.956. The minimum atomic E-state index is -0.0981. The normalized spacial score (nSPS) is 24.5. The van der Waals surface area contributed by atoms with Gasteiger partial charge in [-0.15, -0.1) is 11.6 Å². The van der Waals surface area contributed by atoms with E-state index in [1.807, 2.05) is 6.92 Å². The van der Waals surface area contributed by atoms with E-state index in [0.29, 0.717) is 12.1 Å². The van der Waals surface area contributed by atoms with Crippen LogP contribution in [0.4, 0.5) is 0 Å². The van der Waals surface area contributed by atoms with Crippen molar-refractivity contribution >= 4 is 22.6 Å². The number of nitrogens with zero attached hydrogens (tertiary/aromatic N) is 3. The Morgan fingerprint density at radius 2 is 1.90 bits per heavy atom. The Bertz CT molecular complexity index is 637. The molecular formula is C17H24ClN3. The predicted octanol–water partition coefficient (Wildman–Crippen LogP) is 4.54. The van der Waals surface area contributed by atoms with Crippen molar-refractivity contribution in [2.24, 2.45) is 0 Å². The number of hydrogen-bond donors (Lipinski definition) is 0. The molecule has 4 heteroatoms. The predicted molar refractivity (Wildman–Crippen MR) is 89.7 cm³/mol. The third kappa shape index (κ3) is 2.52. The Labute approximate surface area is 131 Å². The average Bonchev–Trinajstić information content (AvgIpc) is 2.77. The van der Waals surface area contributed by atoms with Crippen LogP contribution in [0.25, 0.3) is 11.0 Å².